The van der Waals surface area contributed by atoms with Gasteiger partial charge in [0.25, 0.3) is 0 Å². The third kappa shape index (κ3) is 10.5. The molecule has 0 radical (unpaired) electrons. The molecule has 1 rings (SSSR count). The predicted molar refractivity (Wildman–Crippen MR) is 104 cm³/mol. The van der Waals surface area contributed by atoms with Crippen LogP contribution in [0, 0.1) is 0 Å². The summed E-state index contributed by atoms with van der Waals surface area (Å²) in [5, 5.41) is 0. The van der Waals surface area contributed by atoms with Crippen LogP contribution in [-0.2, 0) is 31.9 Å². The maximum atomic E-state index is 11.8. The molecule has 0 fully saturated rings. The highest BCUT2D eigenvalue weighted by molar-refractivity contribution is 5.73. The molecule has 0 bridgehead atoms. The van der Waals surface area contributed by atoms with Crippen molar-refractivity contribution in [2.45, 2.75) is 51.4 Å². The third-order valence-electron chi connectivity index (χ3n) is 3.85. The van der Waals surface area contributed by atoms with Crippen LogP contribution in [0.15, 0.2) is 49.6 Å². The Bertz CT molecular complexity index is 509. The van der Waals surface area contributed by atoms with Crippen molar-refractivity contribution < 1.29 is 19.1 Å². The Morgan fingerprint density at radius 2 is 1.12 bits per heavy atom. The molecule has 0 unspecified atom stereocenters. The van der Waals surface area contributed by atoms with Crippen molar-refractivity contribution in [1.29, 1.82) is 0 Å². The first-order chi connectivity index (χ1) is 12.7. The Kier molecular flexibility index (Phi) is 11.6. The molecule has 0 spiro atoms. The van der Waals surface area contributed by atoms with Crippen LogP contribution >= 0.6 is 0 Å². The molecule has 142 valence electrons. The van der Waals surface area contributed by atoms with Crippen molar-refractivity contribution >= 4 is 11.9 Å². The van der Waals surface area contributed by atoms with Crippen LogP contribution in [-0.4, -0.2) is 25.2 Å². The van der Waals surface area contributed by atoms with E-state index in [-0.39, 0.29) is 24.8 Å². The van der Waals surface area contributed by atoms with E-state index in [1.165, 1.54) is 0 Å². The van der Waals surface area contributed by atoms with Crippen LogP contribution in [0.25, 0.3) is 0 Å². The van der Waals surface area contributed by atoms with Gasteiger partial charge in [0, 0.05) is 0 Å². The minimum Gasteiger partial charge on any atom is -0.465 e. The summed E-state index contributed by atoms with van der Waals surface area (Å²) in [6.07, 6.45) is 9.77. The molecule has 0 aromatic heterocycles. The van der Waals surface area contributed by atoms with Crippen molar-refractivity contribution in [1.82, 2.24) is 0 Å². The van der Waals surface area contributed by atoms with Crippen LogP contribution < -0.4 is 0 Å². The Hall–Kier alpha value is -2.36. The van der Waals surface area contributed by atoms with Crippen LogP contribution in [0.1, 0.15) is 49.7 Å². The maximum Gasteiger partial charge on any atom is 0.310 e. The fraction of sp³-hybridized carbons (Fsp3) is 0.455. The lowest BCUT2D eigenvalue weighted by atomic mass is 10.1. The van der Waals surface area contributed by atoms with Crippen LogP contribution in [0.5, 0.6) is 0 Å². The van der Waals surface area contributed by atoms with Gasteiger partial charge in [-0.05, 0) is 49.7 Å². The second-order valence-corrected chi connectivity index (χ2v) is 6.18. The minimum absolute atomic E-state index is 0.227. The molecule has 0 atom stereocenters. The molecule has 0 heterocycles. The molecule has 0 aliphatic carbocycles. The molecule has 0 N–H and O–H groups in total. The lowest BCUT2D eigenvalue weighted by molar-refractivity contribution is -0.143. The second kappa shape index (κ2) is 13.9. The van der Waals surface area contributed by atoms with E-state index in [4.69, 9.17) is 9.47 Å². The van der Waals surface area contributed by atoms with Crippen LogP contribution in [0.2, 0.25) is 0 Å². The molecule has 1 aromatic carbocycles. The molecule has 26 heavy (non-hydrogen) atoms. The highest BCUT2D eigenvalue weighted by Gasteiger charge is 2.07. The molecule has 4 heteroatoms. The molecular weight excluding hydrogens is 328 g/mol. The standard InChI is InChI=1S/C22H30O4/c1-3-5-7-9-15-25-21(23)17-19-11-13-20(14-12-19)18-22(24)26-16-10-8-6-4-2/h3-4,11-14H,1-2,5-10,15-18H2. The van der Waals surface area contributed by atoms with Crippen molar-refractivity contribution in [3.05, 3.63) is 60.7 Å². The second-order valence-electron chi connectivity index (χ2n) is 6.18. The average molecular weight is 358 g/mol. The molecule has 0 aliphatic heterocycles. The quantitative estimate of drug-likeness (QED) is 0.278. The van der Waals surface area contributed by atoms with Gasteiger partial charge in [0.15, 0.2) is 0 Å². The van der Waals surface area contributed by atoms with E-state index >= 15 is 0 Å². The van der Waals surface area contributed by atoms with E-state index in [1.807, 2.05) is 36.4 Å². The first kappa shape index (κ1) is 21.7. The van der Waals surface area contributed by atoms with E-state index in [0.717, 1.165) is 49.7 Å². The van der Waals surface area contributed by atoms with Gasteiger partial charge in [0.05, 0.1) is 26.1 Å². The smallest absolute Gasteiger partial charge is 0.310 e. The molecule has 1 aromatic rings. The lowest BCUT2D eigenvalue weighted by Crippen LogP contribution is -2.10. The number of esters is 2. The van der Waals surface area contributed by atoms with Crippen molar-refractivity contribution in [3.63, 3.8) is 0 Å². The van der Waals surface area contributed by atoms with Gasteiger partial charge in [-0.15, -0.1) is 13.2 Å². The number of hydrogen-bond donors (Lipinski definition) is 0. The molecule has 0 aliphatic rings. The normalized spacial score (nSPS) is 10.2. The minimum atomic E-state index is -0.227. The zero-order valence-corrected chi connectivity index (χ0v) is 15.6. The average Bonchev–Trinajstić information content (AvgIpc) is 2.63. The van der Waals surface area contributed by atoms with Gasteiger partial charge in [-0.2, -0.15) is 0 Å². The summed E-state index contributed by atoms with van der Waals surface area (Å²) in [4.78, 5) is 23.6. The number of unbranched alkanes of at least 4 members (excludes halogenated alkanes) is 4. The number of allylic oxidation sites excluding steroid dienone is 2. The Morgan fingerprint density at radius 3 is 1.46 bits per heavy atom. The van der Waals surface area contributed by atoms with E-state index in [9.17, 15) is 9.59 Å². The first-order valence-corrected chi connectivity index (χ1v) is 9.26. The zero-order chi connectivity index (χ0) is 19.0. The van der Waals surface area contributed by atoms with Crippen LogP contribution in [0.4, 0.5) is 0 Å². The topological polar surface area (TPSA) is 52.6 Å². The maximum absolute atomic E-state index is 11.8. The Labute approximate surface area is 156 Å². The first-order valence-electron chi connectivity index (χ1n) is 9.26. The van der Waals surface area contributed by atoms with Gasteiger partial charge in [-0.3, -0.25) is 9.59 Å². The van der Waals surface area contributed by atoms with Gasteiger partial charge in [-0.25, -0.2) is 0 Å². The largest absolute Gasteiger partial charge is 0.465 e. The van der Waals surface area contributed by atoms with Crippen molar-refractivity contribution in [3.8, 4) is 0 Å². The number of carbonyl (C=O) groups is 2. The summed E-state index contributed by atoms with van der Waals surface area (Å²) in [7, 11) is 0. The van der Waals surface area contributed by atoms with Gasteiger partial charge in [0.1, 0.15) is 0 Å². The lowest BCUT2D eigenvalue weighted by Gasteiger charge is -2.07. The summed E-state index contributed by atoms with van der Waals surface area (Å²) in [5.41, 5.74) is 1.75. The monoisotopic (exact) mass is 358 g/mol. The van der Waals surface area contributed by atoms with E-state index in [1.54, 1.807) is 0 Å². The molecule has 0 amide bonds. The number of ether oxygens (including phenoxy) is 2. The predicted octanol–water partition coefficient (Wildman–Crippen LogP) is 4.57. The number of rotatable bonds is 14. The summed E-state index contributed by atoms with van der Waals surface area (Å²) in [6, 6.07) is 7.41. The van der Waals surface area contributed by atoms with Gasteiger partial charge >= 0.3 is 11.9 Å². The summed E-state index contributed by atoms with van der Waals surface area (Å²) >= 11 is 0. The number of hydrogen-bond acceptors (Lipinski definition) is 4. The molecule has 0 saturated carbocycles. The summed E-state index contributed by atoms with van der Waals surface area (Å²) in [6.45, 7) is 8.21. The molecular formula is C22H30O4. The number of benzene rings is 1. The van der Waals surface area contributed by atoms with Gasteiger partial charge < -0.3 is 9.47 Å². The Balaban J connectivity index is 2.25. The van der Waals surface area contributed by atoms with E-state index in [2.05, 4.69) is 13.2 Å². The van der Waals surface area contributed by atoms with Crippen LogP contribution in [0.3, 0.4) is 0 Å². The highest BCUT2D eigenvalue weighted by Crippen LogP contribution is 2.08. The zero-order valence-electron chi connectivity index (χ0n) is 15.6. The number of carbonyl (C=O) groups excluding carboxylic acids is 2. The van der Waals surface area contributed by atoms with Crippen molar-refractivity contribution in [2.24, 2.45) is 0 Å². The molecule has 4 nitrogen and oxygen atoms in total. The van der Waals surface area contributed by atoms with Gasteiger partial charge in [-0.1, -0.05) is 36.4 Å². The Morgan fingerprint density at radius 1 is 0.731 bits per heavy atom. The van der Waals surface area contributed by atoms with Crippen molar-refractivity contribution in [2.75, 3.05) is 13.2 Å². The molecule has 0 saturated heterocycles. The fourth-order valence-electron chi connectivity index (χ4n) is 2.36. The van der Waals surface area contributed by atoms with E-state index < -0.39 is 0 Å². The fourth-order valence-corrected chi connectivity index (χ4v) is 2.36. The summed E-state index contributed by atoms with van der Waals surface area (Å²) in [5.74, 6) is -0.453. The SMILES string of the molecule is C=CCCCCOC(=O)Cc1ccc(CC(=O)OCCCCC=C)cc1. The summed E-state index contributed by atoms with van der Waals surface area (Å²) < 4.78 is 10.4. The van der Waals surface area contributed by atoms with E-state index in [0.29, 0.717) is 13.2 Å². The highest BCUT2D eigenvalue weighted by atomic mass is 16.5. The third-order valence-corrected chi connectivity index (χ3v) is 3.85. The van der Waals surface area contributed by atoms with Gasteiger partial charge in [0.2, 0.25) is 0 Å².